The second-order valence-electron chi connectivity index (χ2n) is 10.5. The molecule has 8 nitrogen and oxygen atoms in total. The molecule has 0 unspecified atom stereocenters. The highest BCUT2D eigenvalue weighted by Gasteiger charge is 2.44. The van der Waals surface area contributed by atoms with Crippen LogP contribution in [0, 0.1) is 5.41 Å². The summed E-state index contributed by atoms with van der Waals surface area (Å²) in [5, 5.41) is 9.62. The normalized spacial score (nSPS) is 16.9. The number of carbonyl (C=O) groups is 3. The van der Waals surface area contributed by atoms with Crippen LogP contribution in [0.3, 0.4) is 0 Å². The van der Waals surface area contributed by atoms with E-state index in [1.165, 1.54) is 0 Å². The van der Waals surface area contributed by atoms with Crippen LogP contribution in [-0.2, 0) is 16.0 Å². The Bertz CT molecular complexity index is 1380. The van der Waals surface area contributed by atoms with Crippen LogP contribution in [0.2, 0.25) is 5.02 Å². The quantitative estimate of drug-likeness (QED) is 0.435. The third kappa shape index (κ3) is 5.50. The SMILES string of the molecule is CN1CC2(CCN(C(=O)c3ccc4nc(-c5ccc(Cl)cc5)c(CCCCC(=O)O)nc4c3)CC2)CC1=O. The molecule has 0 atom stereocenters. The fourth-order valence-electron chi connectivity index (χ4n) is 5.61. The van der Waals surface area contributed by atoms with Crippen molar-refractivity contribution in [2.45, 2.75) is 44.9 Å². The first-order chi connectivity index (χ1) is 18.2. The Morgan fingerprint density at radius 3 is 2.42 bits per heavy atom. The number of halogens is 1. The van der Waals surface area contributed by atoms with Gasteiger partial charge in [-0.25, -0.2) is 9.97 Å². The van der Waals surface area contributed by atoms with Crippen molar-refractivity contribution < 1.29 is 19.5 Å². The molecule has 198 valence electrons. The zero-order chi connectivity index (χ0) is 26.9. The third-order valence-corrected chi connectivity index (χ3v) is 8.04. The van der Waals surface area contributed by atoms with Gasteiger partial charge in [0.25, 0.3) is 5.91 Å². The molecule has 2 saturated heterocycles. The number of carboxylic acids is 1. The lowest BCUT2D eigenvalue weighted by Gasteiger charge is -2.38. The number of aliphatic carboxylic acids is 1. The number of aromatic nitrogens is 2. The van der Waals surface area contributed by atoms with Crippen molar-refractivity contribution in [3.05, 3.63) is 58.7 Å². The van der Waals surface area contributed by atoms with E-state index < -0.39 is 5.97 Å². The highest BCUT2D eigenvalue weighted by molar-refractivity contribution is 6.30. The number of amides is 2. The van der Waals surface area contributed by atoms with Crippen molar-refractivity contribution in [2.24, 2.45) is 5.41 Å². The van der Waals surface area contributed by atoms with Crippen molar-refractivity contribution in [3.8, 4) is 11.3 Å². The van der Waals surface area contributed by atoms with E-state index in [1.54, 1.807) is 29.2 Å². The average molecular weight is 535 g/mol. The number of likely N-dealkylation sites (tertiary alicyclic amines) is 2. The van der Waals surface area contributed by atoms with Crippen LogP contribution in [0.25, 0.3) is 22.3 Å². The molecule has 0 radical (unpaired) electrons. The van der Waals surface area contributed by atoms with Crippen molar-refractivity contribution in [2.75, 3.05) is 26.7 Å². The van der Waals surface area contributed by atoms with E-state index in [9.17, 15) is 14.4 Å². The molecule has 2 fully saturated rings. The standard InChI is InChI=1S/C29H31ClN4O4/c1-33-18-29(17-25(33)35)12-14-34(15-13-29)28(38)20-8-11-22-24(16-20)31-23(4-2-3-5-26(36)37)27(32-22)19-6-9-21(30)10-7-19/h6-11,16H,2-5,12-15,17-18H2,1H3,(H,36,37). The Labute approximate surface area is 226 Å². The first-order valence-corrected chi connectivity index (χ1v) is 13.4. The molecule has 0 bridgehead atoms. The molecule has 9 heteroatoms. The Hall–Kier alpha value is -3.52. The lowest BCUT2D eigenvalue weighted by Crippen LogP contribution is -2.44. The molecule has 2 aliphatic heterocycles. The summed E-state index contributed by atoms with van der Waals surface area (Å²) >= 11 is 6.08. The summed E-state index contributed by atoms with van der Waals surface area (Å²) in [7, 11) is 1.85. The number of aryl methyl sites for hydroxylation is 1. The summed E-state index contributed by atoms with van der Waals surface area (Å²) in [5.74, 6) is -0.661. The number of unbranched alkanes of at least 4 members (excludes halogenated alkanes) is 1. The van der Waals surface area contributed by atoms with Crippen molar-refractivity contribution >= 4 is 40.4 Å². The summed E-state index contributed by atoms with van der Waals surface area (Å²) in [6, 6.07) is 12.8. The molecule has 5 rings (SSSR count). The third-order valence-electron chi connectivity index (χ3n) is 7.79. The zero-order valence-corrected chi connectivity index (χ0v) is 22.2. The number of fused-ring (bicyclic) bond motifs is 1. The van der Waals surface area contributed by atoms with E-state index in [-0.39, 0.29) is 23.7 Å². The molecule has 3 heterocycles. The smallest absolute Gasteiger partial charge is 0.303 e. The van der Waals surface area contributed by atoms with Crippen LogP contribution in [0.15, 0.2) is 42.5 Å². The van der Waals surface area contributed by atoms with Gasteiger partial charge in [0.05, 0.1) is 22.4 Å². The second-order valence-corrected chi connectivity index (χ2v) is 11.0. The molecule has 0 aliphatic carbocycles. The lowest BCUT2D eigenvalue weighted by atomic mass is 9.77. The van der Waals surface area contributed by atoms with Gasteiger partial charge in [0.1, 0.15) is 0 Å². The molecule has 38 heavy (non-hydrogen) atoms. The zero-order valence-electron chi connectivity index (χ0n) is 21.5. The molecule has 2 aliphatic rings. The maximum Gasteiger partial charge on any atom is 0.303 e. The topological polar surface area (TPSA) is 104 Å². The van der Waals surface area contributed by atoms with Gasteiger partial charge in [-0.2, -0.15) is 0 Å². The summed E-state index contributed by atoms with van der Waals surface area (Å²) in [5.41, 5.74) is 4.27. The van der Waals surface area contributed by atoms with E-state index in [0.717, 1.165) is 36.3 Å². The van der Waals surface area contributed by atoms with Crippen LogP contribution in [0.1, 0.15) is 54.6 Å². The predicted molar refractivity (Wildman–Crippen MR) is 145 cm³/mol. The number of hydrogen-bond donors (Lipinski definition) is 1. The minimum atomic E-state index is -0.814. The van der Waals surface area contributed by atoms with Gasteiger partial charge in [-0.05, 0) is 62.4 Å². The number of hydrogen-bond acceptors (Lipinski definition) is 5. The maximum absolute atomic E-state index is 13.4. The fourth-order valence-corrected chi connectivity index (χ4v) is 5.74. The Morgan fingerprint density at radius 1 is 1.03 bits per heavy atom. The number of benzene rings is 2. The van der Waals surface area contributed by atoms with Crippen LogP contribution in [0.4, 0.5) is 0 Å². The predicted octanol–water partition coefficient (Wildman–Crippen LogP) is 4.83. The highest BCUT2D eigenvalue weighted by Crippen LogP contribution is 2.40. The fraction of sp³-hybridized carbons (Fsp3) is 0.414. The van der Waals surface area contributed by atoms with E-state index in [0.29, 0.717) is 60.4 Å². The molecule has 1 N–H and O–H groups in total. The summed E-state index contributed by atoms with van der Waals surface area (Å²) in [6.07, 6.45) is 4.12. The number of rotatable bonds is 7. The van der Waals surface area contributed by atoms with Gasteiger partial charge >= 0.3 is 5.97 Å². The first kappa shape index (κ1) is 26.1. The minimum absolute atomic E-state index is 0.00885. The molecular weight excluding hydrogens is 504 g/mol. The molecular formula is C29H31ClN4O4. The van der Waals surface area contributed by atoms with Crippen LogP contribution in [-0.4, -0.2) is 69.3 Å². The first-order valence-electron chi connectivity index (χ1n) is 13.0. The van der Waals surface area contributed by atoms with Crippen LogP contribution >= 0.6 is 11.6 Å². The number of carboxylic acid groups (broad SMARTS) is 1. The average Bonchev–Trinajstić information content (AvgIpc) is 3.18. The number of piperidine rings is 1. The van der Waals surface area contributed by atoms with E-state index in [4.69, 9.17) is 26.7 Å². The second kappa shape index (κ2) is 10.7. The molecule has 1 aromatic heterocycles. The minimum Gasteiger partial charge on any atom is -0.481 e. The Balaban J connectivity index is 1.38. The monoisotopic (exact) mass is 534 g/mol. The number of nitrogens with zero attached hydrogens (tertiary/aromatic N) is 4. The van der Waals surface area contributed by atoms with Crippen LogP contribution in [0.5, 0.6) is 0 Å². The Kier molecular flexibility index (Phi) is 7.34. The van der Waals surface area contributed by atoms with Gasteiger partial charge in [-0.1, -0.05) is 23.7 Å². The highest BCUT2D eigenvalue weighted by atomic mass is 35.5. The van der Waals surface area contributed by atoms with E-state index in [1.807, 2.05) is 30.1 Å². The van der Waals surface area contributed by atoms with Crippen molar-refractivity contribution in [1.29, 1.82) is 0 Å². The van der Waals surface area contributed by atoms with Gasteiger partial charge in [-0.3, -0.25) is 14.4 Å². The van der Waals surface area contributed by atoms with Crippen molar-refractivity contribution in [3.63, 3.8) is 0 Å². The molecule has 1 spiro atoms. The van der Waals surface area contributed by atoms with Gasteiger partial charge in [0.2, 0.25) is 5.91 Å². The molecule has 3 aromatic rings. The lowest BCUT2D eigenvalue weighted by molar-refractivity contribution is -0.137. The van der Waals surface area contributed by atoms with Gasteiger partial charge in [0, 0.05) is 61.1 Å². The number of carbonyl (C=O) groups excluding carboxylic acids is 2. The van der Waals surface area contributed by atoms with Crippen LogP contribution < -0.4 is 0 Å². The molecule has 0 saturated carbocycles. The van der Waals surface area contributed by atoms with E-state index in [2.05, 4.69) is 0 Å². The summed E-state index contributed by atoms with van der Waals surface area (Å²) in [6.45, 7) is 2.03. The Morgan fingerprint density at radius 2 is 1.76 bits per heavy atom. The van der Waals surface area contributed by atoms with Gasteiger partial charge in [-0.15, -0.1) is 0 Å². The largest absolute Gasteiger partial charge is 0.481 e. The van der Waals surface area contributed by atoms with Crippen molar-refractivity contribution in [1.82, 2.24) is 19.8 Å². The molecule has 2 aromatic carbocycles. The van der Waals surface area contributed by atoms with Gasteiger partial charge < -0.3 is 14.9 Å². The van der Waals surface area contributed by atoms with Gasteiger partial charge in [0.15, 0.2) is 0 Å². The maximum atomic E-state index is 13.4. The van der Waals surface area contributed by atoms with E-state index >= 15 is 0 Å². The molecule has 2 amide bonds. The summed E-state index contributed by atoms with van der Waals surface area (Å²) in [4.78, 5) is 49.9. The summed E-state index contributed by atoms with van der Waals surface area (Å²) < 4.78 is 0.